The van der Waals surface area contributed by atoms with E-state index < -0.39 is 11.7 Å². The number of nitrogens with zero attached hydrogens (tertiary/aromatic N) is 3. The number of hydrogen-bond donors (Lipinski definition) is 1. The van der Waals surface area contributed by atoms with Crippen molar-refractivity contribution in [3.05, 3.63) is 47.3 Å². The maximum Gasteiger partial charge on any atom is 0.416 e. The van der Waals surface area contributed by atoms with Crippen LogP contribution in [-0.4, -0.2) is 45.8 Å². The first-order chi connectivity index (χ1) is 13.3. The standard InChI is InChI=1S/C20H23F3N4O/c1-13-16(19(28)25-17-8-10-26-9-3-2-7-18(17)26)12-24-27(13)15-6-4-5-14(11-15)20(21,22)23/h4-6,11-12,17-18H,2-3,7-10H2,1H3,(H,25,28)/t17-,18+/m1/s1. The SMILES string of the molecule is Cc1c(C(=O)N[C@@H]2CCN3CCCC[C@@H]23)cnn1-c1cccc(C(F)(F)F)c1. The minimum absolute atomic E-state index is 0.115. The summed E-state index contributed by atoms with van der Waals surface area (Å²) in [6.45, 7) is 3.78. The van der Waals surface area contributed by atoms with Gasteiger partial charge in [0.25, 0.3) is 5.91 Å². The molecule has 1 amide bonds. The average molecular weight is 392 g/mol. The molecule has 0 saturated carbocycles. The quantitative estimate of drug-likeness (QED) is 0.869. The van der Waals surface area contributed by atoms with Gasteiger partial charge in [-0.3, -0.25) is 9.69 Å². The van der Waals surface area contributed by atoms with Gasteiger partial charge in [-0.1, -0.05) is 12.5 Å². The zero-order chi connectivity index (χ0) is 19.9. The first-order valence-electron chi connectivity index (χ1n) is 9.62. The summed E-state index contributed by atoms with van der Waals surface area (Å²) in [5.74, 6) is -0.215. The summed E-state index contributed by atoms with van der Waals surface area (Å²) in [5, 5.41) is 7.29. The Morgan fingerprint density at radius 2 is 2.04 bits per heavy atom. The van der Waals surface area contributed by atoms with Gasteiger partial charge < -0.3 is 5.32 Å². The molecule has 5 nitrogen and oxygen atoms in total. The van der Waals surface area contributed by atoms with Crippen molar-refractivity contribution in [1.29, 1.82) is 0 Å². The van der Waals surface area contributed by atoms with E-state index in [2.05, 4.69) is 15.3 Å². The molecule has 2 fully saturated rings. The number of benzene rings is 1. The topological polar surface area (TPSA) is 50.2 Å². The van der Waals surface area contributed by atoms with Crippen LogP contribution in [0.2, 0.25) is 0 Å². The van der Waals surface area contributed by atoms with Crippen LogP contribution in [0.25, 0.3) is 5.69 Å². The predicted molar refractivity (Wildman–Crippen MR) is 98.4 cm³/mol. The summed E-state index contributed by atoms with van der Waals surface area (Å²) in [5.41, 5.74) is 0.460. The Kier molecular flexibility index (Phi) is 4.91. The van der Waals surface area contributed by atoms with Crippen molar-refractivity contribution in [2.24, 2.45) is 0 Å². The normalized spacial score (nSPS) is 22.9. The van der Waals surface area contributed by atoms with Gasteiger partial charge in [-0.05, 0) is 50.9 Å². The minimum atomic E-state index is -4.42. The maximum atomic E-state index is 13.0. The van der Waals surface area contributed by atoms with Crippen LogP contribution in [0.15, 0.2) is 30.5 Å². The van der Waals surface area contributed by atoms with Crippen molar-refractivity contribution in [2.45, 2.75) is 50.9 Å². The molecular formula is C20H23F3N4O. The van der Waals surface area contributed by atoms with Crippen molar-refractivity contribution in [3.63, 3.8) is 0 Å². The van der Waals surface area contributed by atoms with Gasteiger partial charge in [-0.25, -0.2) is 4.68 Å². The molecule has 4 rings (SSSR count). The highest BCUT2D eigenvalue weighted by molar-refractivity contribution is 5.95. The van der Waals surface area contributed by atoms with Crippen molar-refractivity contribution in [2.75, 3.05) is 13.1 Å². The largest absolute Gasteiger partial charge is 0.416 e. The molecule has 0 bridgehead atoms. The molecule has 1 aromatic heterocycles. The number of nitrogens with one attached hydrogen (secondary N) is 1. The van der Waals surface area contributed by atoms with Crippen LogP contribution >= 0.6 is 0 Å². The van der Waals surface area contributed by atoms with Crippen molar-refractivity contribution >= 4 is 5.91 Å². The van der Waals surface area contributed by atoms with E-state index in [1.807, 2.05) is 0 Å². The molecule has 0 unspecified atom stereocenters. The Balaban J connectivity index is 1.53. The van der Waals surface area contributed by atoms with Crippen molar-refractivity contribution in [1.82, 2.24) is 20.0 Å². The van der Waals surface area contributed by atoms with Crippen LogP contribution in [0.4, 0.5) is 13.2 Å². The van der Waals surface area contributed by atoms with Gasteiger partial charge in [-0.2, -0.15) is 18.3 Å². The lowest BCUT2D eigenvalue weighted by Crippen LogP contribution is -2.46. The number of alkyl halides is 3. The van der Waals surface area contributed by atoms with Crippen molar-refractivity contribution in [3.8, 4) is 5.69 Å². The van der Waals surface area contributed by atoms with E-state index in [0.717, 1.165) is 38.1 Å². The third-order valence-electron chi connectivity index (χ3n) is 5.84. The monoisotopic (exact) mass is 392 g/mol. The Hall–Kier alpha value is -2.35. The zero-order valence-corrected chi connectivity index (χ0v) is 15.7. The average Bonchev–Trinajstić information content (AvgIpc) is 3.25. The number of carbonyl (C=O) groups is 1. The molecule has 0 radical (unpaired) electrons. The number of fused-ring (bicyclic) bond motifs is 1. The van der Waals surface area contributed by atoms with Crippen LogP contribution in [0, 0.1) is 6.92 Å². The molecule has 3 heterocycles. The molecular weight excluding hydrogens is 369 g/mol. The van der Waals surface area contributed by atoms with E-state index in [4.69, 9.17) is 0 Å². The highest BCUT2D eigenvalue weighted by atomic mass is 19.4. The second kappa shape index (κ2) is 7.24. The first kappa shape index (κ1) is 19.0. The van der Waals surface area contributed by atoms with Gasteiger partial charge in [-0.15, -0.1) is 0 Å². The summed E-state index contributed by atoms with van der Waals surface area (Å²) < 4.78 is 40.3. The Labute approximate surface area is 161 Å². The van der Waals surface area contributed by atoms with E-state index in [0.29, 0.717) is 17.3 Å². The molecule has 0 aliphatic carbocycles. The predicted octanol–water partition coefficient (Wildman–Crippen LogP) is 3.56. The first-order valence-corrected chi connectivity index (χ1v) is 9.62. The number of hydrogen-bond acceptors (Lipinski definition) is 3. The van der Waals surface area contributed by atoms with Crippen LogP contribution in [0.3, 0.4) is 0 Å². The fourth-order valence-electron chi connectivity index (χ4n) is 4.37. The van der Waals surface area contributed by atoms with Gasteiger partial charge in [0, 0.05) is 18.6 Å². The number of aromatic nitrogens is 2. The van der Waals surface area contributed by atoms with E-state index in [1.165, 1.54) is 29.8 Å². The number of carbonyl (C=O) groups excluding carboxylic acids is 1. The third kappa shape index (κ3) is 3.53. The third-order valence-corrected chi connectivity index (χ3v) is 5.84. The Bertz CT molecular complexity index is 877. The smallest absolute Gasteiger partial charge is 0.348 e. The molecule has 1 aromatic carbocycles. The van der Waals surface area contributed by atoms with Gasteiger partial charge >= 0.3 is 6.18 Å². The zero-order valence-electron chi connectivity index (χ0n) is 15.7. The molecule has 2 aromatic rings. The fourth-order valence-corrected chi connectivity index (χ4v) is 4.37. The number of rotatable bonds is 3. The van der Waals surface area contributed by atoms with Crippen LogP contribution in [0.5, 0.6) is 0 Å². The second-order valence-electron chi connectivity index (χ2n) is 7.57. The summed E-state index contributed by atoms with van der Waals surface area (Å²) in [6, 6.07) is 5.45. The highest BCUT2D eigenvalue weighted by Crippen LogP contribution is 2.31. The van der Waals surface area contributed by atoms with Gasteiger partial charge in [0.1, 0.15) is 0 Å². The minimum Gasteiger partial charge on any atom is -0.348 e. The summed E-state index contributed by atoms with van der Waals surface area (Å²) >= 11 is 0. The highest BCUT2D eigenvalue weighted by Gasteiger charge is 2.36. The molecule has 2 aliphatic heterocycles. The molecule has 0 spiro atoms. The second-order valence-corrected chi connectivity index (χ2v) is 7.57. The maximum absolute atomic E-state index is 13.0. The van der Waals surface area contributed by atoms with Gasteiger partial charge in [0.05, 0.1) is 28.7 Å². The van der Waals surface area contributed by atoms with E-state index in [9.17, 15) is 18.0 Å². The van der Waals surface area contributed by atoms with Crippen molar-refractivity contribution < 1.29 is 18.0 Å². The molecule has 2 atom stereocenters. The number of amides is 1. The number of halogens is 3. The molecule has 28 heavy (non-hydrogen) atoms. The fraction of sp³-hybridized carbons (Fsp3) is 0.500. The lowest BCUT2D eigenvalue weighted by atomic mass is 9.99. The van der Waals surface area contributed by atoms with Crippen LogP contribution in [0.1, 0.15) is 47.3 Å². The van der Waals surface area contributed by atoms with Gasteiger partial charge in [0.2, 0.25) is 0 Å². The summed E-state index contributed by atoms with van der Waals surface area (Å²) in [6.07, 6.45) is 1.41. The summed E-state index contributed by atoms with van der Waals surface area (Å²) in [7, 11) is 0. The van der Waals surface area contributed by atoms with Gasteiger partial charge in [0.15, 0.2) is 0 Å². The van der Waals surface area contributed by atoms with E-state index in [-0.39, 0.29) is 17.6 Å². The lowest BCUT2D eigenvalue weighted by molar-refractivity contribution is -0.137. The van der Waals surface area contributed by atoms with Crippen LogP contribution in [-0.2, 0) is 6.18 Å². The molecule has 1 N–H and O–H groups in total. The Morgan fingerprint density at radius 3 is 2.82 bits per heavy atom. The molecule has 150 valence electrons. The van der Waals surface area contributed by atoms with Crippen LogP contribution < -0.4 is 5.32 Å². The van der Waals surface area contributed by atoms with E-state index in [1.54, 1.807) is 13.0 Å². The molecule has 8 heteroatoms. The summed E-state index contributed by atoms with van der Waals surface area (Å²) in [4.78, 5) is 15.2. The van der Waals surface area contributed by atoms with E-state index >= 15 is 0 Å². The Morgan fingerprint density at radius 1 is 1.21 bits per heavy atom. The lowest BCUT2D eigenvalue weighted by Gasteiger charge is -2.32. The number of piperidine rings is 1. The molecule has 2 saturated heterocycles. The molecule has 2 aliphatic rings.